The van der Waals surface area contributed by atoms with Crippen molar-refractivity contribution in [2.45, 2.75) is 71.9 Å². The number of rotatable bonds is 10. The molecule has 1 atom stereocenters. The molecule has 0 aromatic carbocycles. The van der Waals surface area contributed by atoms with Crippen LogP contribution in [0.15, 0.2) is 9.59 Å². The molecule has 1 amide bonds. The smallest absolute Gasteiger partial charge is 0.330 e. The maximum atomic E-state index is 13.5. The van der Waals surface area contributed by atoms with Crippen LogP contribution in [0, 0.1) is 5.92 Å². The summed E-state index contributed by atoms with van der Waals surface area (Å²) in [6.45, 7) is 11.2. The SMILES string of the molecule is CCCCN(C(=O)CN1CCCC1CN1CCCC1)c1c(N)n(CC(C)C)c(=O)[nH]c1=O. The van der Waals surface area contributed by atoms with Gasteiger partial charge in [0.05, 0.1) is 6.54 Å². The fourth-order valence-corrected chi connectivity index (χ4v) is 4.89. The molecule has 1 aromatic heterocycles. The Labute approximate surface area is 190 Å². The highest BCUT2D eigenvalue weighted by Crippen LogP contribution is 2.23. The zero-order valence-electron chi connectivity index (χ0n) is 19.9. The van der Waals surface area contributed by atoms with E-state index in [0.29, 0.717) is 19.1 Å². The van der Waals surface area contributed by atoms with Crippen LogP contribution in [-0.2, 0) is 11.3 Å². The summed E-state index contributed by atoms with van der Waals surface area (Å²) in [6, 6.07) is 0.371. The van der Waals surface area contributed by atoms with E-state index in [9.17, 15) is 14.4 Å². The largest absolute Gasteiger partial charge is 0.383 e. The van der Waals surface area contributed by atoms with Crippen molar-refractivity contribution in [1.29, 1.82) is 0 Å². The van der Waals surface area contributed by atoms with Crippen LogP contribution in [-0.4, -0.2) is 70.6 Å². The van der Waals surface area contributed by atoms with E-state index < -0.39 is 11.2 Å². The van der Waals surface area contributed by atoms with Crippen LogP contribution in [0.2, 0.25) is 0 Å². The van der Waals surface area contributed by atoms with Crippen molar-refractivity contribution in [2.24, 2.45) is 5.92 Å². The number of amides is 1. The minimum atomic E-state index is -0.591. The zero-order valence-corrected chi connectivity index (χ0v) is 19.9. The van der Waals surface area contributed by atoms with Gasteiger partial charge in [-0.2, -0.15) is 0 Å². The average molecular weight is 449 g/mol. The summed E-state index contributed by atoms with van der Waals surface area (Å²) in [6.07, 6.45) is 6.33. The fourth-order valence-electron chi connectivity index (χ4n) is 4.89. The van der Waals surface area contributed by atoms with Crippen LogP contribution in [0.3, 0.4) is 0 Å². The van der Waals surface area contributed by atoms with Crippen molar-refractivity contribution in [3.63, 3.8) is 0 Å². The van der Waals surface area contributed by atoms with Crippen LogP contribution >= 0.6 is 0 Å². The van der Waals surface area contributed by atoms with Gasteiger partial charge in [-0.1, -0.05) is 27.2 Å². The number of hydrogen-bond acceptors (Lipinski definition) is 6. The van der Waals surface area contributed by atoms with Crippen molar-refractivity contribution in [1.82, 2.24) is 19.4 Å². The van der Waals surface area contributed by atoms with Crippen molar-refractivity contribution >= 4 is 17.4 Å². The van der Waals surface area contributed by atoms with E-state index in [0.717, 1.165) is 51.9 Å². The zero-order chi connectivity index (χ0) is 23.3. The lowest BCUT2D eigenvalue weighted by atomic mass is 10.2. The number of nitrogens with zero attached hydrogens (tertiary/aromatic N) is 4. The van der Waals surface area contributed by atoms with Gasteiger partial charge in [0.2, 0.25) is 5.91 Å². The van der Waals surface area contributed by atoms with E-state index in [1.807, 2.05) is 20.8 Å². The van der Waals surface area contributed by atoms with Crippen LogP contribution in [0.25, 0.3) is 0 Å². The first-order chi connectivity index (χ1) is 15.3. The molecule has 9 nitrogen and oxygen atoms in total. The van der Waals surface area contributed by atoms with Crippen molar-refractivity contribution in [3.05, 3.63) is 20.8 Å². The quantitative estimate of drug-likeness (QED) is 0.561. The number of hydrogen-bond donors (Lipinski definition) is 2. The number of aromatic amines is 1. The first-order valence-electron chi connectivity index (χ1n) is 12.2. The number of unbranched alkanes of at least 4 members (excludes halogenated alkanes) is 1. The summed E-state index contributed by atoms with van der Waals surface area (Å²) in [5.74, 6) is 0.121. The number of carbonyl (C=O) groups excluding carboxylic acids is 1. The third-order valence-electron chi connectivity index (χ3n) is 6.57. The average Bonchev–Trinajstić information content (AvgIpc) is 3.40. The summed E-state index contributed by atoms with van der Waals surface area (Å²) in [4.78, 5) is 47.3. The van der Waals surface area contributed by atoms with Gasteiger partial charge in [0.15, 0.2) is 5.69 Å². The lowest BCUT2D eigenvalue weighted by Crippen LogP contribution is -2.48. The summed E-state index contributed by atoms with van der Waals surface area (Å²) in [7, 11) is 0. The summed E-state index contributed by atoms with van der Waals surface area (Å²) >= 11 is 0. The molecule has 3 rings (SSSR count). The van der Waals surface area contributed by atoms with Gasteiger partial charge in [-0.3, -0.25) is 24.0 Å². The van der Waals surface area contributed by atoms with Crippen LogP contribution in [0.5, 0.6) is 0 Å². The molecule has 0 spiro atoms. The summed E-state index contributed by atoms with van der Waals surface area (Å²) < 4.78 is 1.37. The Morgan fingerprint density at radius 1 is 1.19 bits per heavy atom. The highest BCUT2D eigenvalue weighted by molar-refractivity contribution is 5.96. The van der Waals surface area contributed by atoms with E-state index in [1.54, 1.807) is 0 Å². The number of likely N-dealkylation sites (tertiary alicyclic amines) is 2. The predicted octanol–water partition coefficient (Wildman–Crippen LogP) is 1.47. The Hall–Kier alpha value is -2.13. The van der Waals surface area contributed by atoms with Crippen LogP contribution in [0.4, 0.5) is 11.5 Å². The normalized spacial score (nSPS) is 19.8. The second kappa shape index (κ2) is 11.1. The van der Waals surface area contributed by atoms with Crippen LogP contribution in [0.1, 0.15) is 59.3 Å². The van der Waals surface area contributed by atoms with Gasteiger partial charge in [0.25, 0.3) is 5.56 Å². The molecule has 1 aromatic rings. The molecule has 0 aliphatic carbocycles. The second-order valence-electron chi connectivity index (χ2n) is 9.67. The third kappa shape index (κ3) is 5.81. The number of carbonyl (C=O) groups is 1. The number of nitrogen functional groups attached to an aromatic ring is 1. The van der Waals surface area contributed by atoms with Crippen LogP contribution < -0.4 is 21.9 Å². The number of H-pyrrole nitrogens is 1. The Balaban J connectivity index is 1.83. The monoisotopic (exact) mass is 448 g/mol. The molecule has 32 heavy (non-hydrogen) atoms. The minimum absolute atomic E-state index is 0.0759. The van der Waals surface area contributed by atoms with E-state index in [2.05, 4.69) is 14.8 Å². The van der Waals surface area contributed by atoms with E-state index in [1.165, 1.54) is 22.3 Å². The van der Waals surface area contributed by atoms with Crippen molar-refractivity contribution < 1.29 is 4.79 Å². The second-order valence-corrected chi connectivity index (χ2v) is 9.67. The fraction of sp³-hybridized carbons (Fsp3) is 0.783. The maximum absolute atomic E-state index is 13.5. The molecule has 0 saturated carbocycles. The van der Waals surface area contributed by atoms with Gasteiger partial charge in [0.1, 0.15) is 5.82 Å². The molecule has 180 valence electrons. The lowest BCUT2D eigenvalue weighted by molar-refractivity contribution is -0.120. The molecular formula is C23H40N6O3. The summed E-state index contributed by atoms with van der Waals surface area (Å²) in [5.41, 5.74) is 5.31. The molecule has 2 aliphatic rings. The molecule has 3 N–H and O–H groups in total. The predicted molar refractivity (Wildman–Crippen MR) is 128 cm³/mol. The molecular weight excluding hydrogens is 408 g/mol. The highest BCUT2D eigenvalue weighted by Gasteiger charge is 2.31. The number of anilines is 2. The minimum Gasteiger partial charge on any atom is -0.383 e. The third-order valence-corrected chi connectivity index (χ3v) is 6.57. The van der Waals surface area contributed by atoms with Gasteiger partial charge in [0, 0.05) is 25.7 Å². The van der Waals surface area contributed by atoms with Gasteiger partial charge in [-0.05, 0) is 57.7 Å². The van der Waals surface area contributed by atoms with E-state index in [4.69, 9.17) is 5.73 Å². The number of aromatic nitrogens is 2. The molecule has 2 fully saturated rings. The standard InChI is InChI=1S/C23H40N6O3/c1-4-5-13-28(20-21(24)29(14-17(2)3)23(32)25-22(20)31)19(30)16-27-12-8-9-18(27)15-26-10-6-7-11-26/h17-18H,4-16,24H2,1-3H3,(H,25,31,32). The lowest BCUT2D eigenvalue weighted by Gasteiger charge is -2.31. The first-order valence-corrected chi connectivity index (χ1v) is 12.2. The van der Waals surface area contributed by atoms with Gasteiger partial charge < -0.3 is 15.5 Å². The molecule has 2 saturated heterocycles. The molecule has 3 heterocycles. The molecule has 1 unspecified atom stereocenters. The molecule has 2 aliphatic heterocycles. The number of nitrogens with one attached hydrogen (secondary N) is 1. The van der Waals surface area contributed by atoms with E-state index >= 15 is 0 Å². The number of nitrogens with two attached hydrogens (primary N) is 1. The maximum Gasteiger partial charge on any atom is 0.330 e. The molecule has 0 bridgehead atoms. The molecule has 9 heteroatoms. The Morgan fingerprint density at radius 2 is 1.91 bits per heavy atom. The Bertz CT molecular complexity index is 887. The summed E-state index contributed by atoms with van der Waals surface area (Å²) in [5, 5.41) is 0. The Morgan fingerprint density at radius 3 is 2.56 bits per heavy atom. The first kappa shape index (κ1) is 24.5. The Kier molecular flexibility index (Phi) is 8.53. The van der Waals surface area contributed by atoms with Gasteiger partial charge in [-0.25, -0.2) is 4.79 Å². The van der Waals surface area contributed by atoms with Crippen molar-refractivity contribution in [2.75, 3.05) is 49.9 Å². The van der Waals surface area contributed by atoms with Gasteiger partial charge >= 0.3 is 5.69 Å². The van der Waals surface area contributed by atoms with E-state index in [-0.39, 0.29) is 29.9 Å². The van der Waals surface area contributed by atoms with Gasteiger partial charge in [-0.15, -0.1) is 0 Å². The topological polar surface area (TPSA) is 108 Å². The van der Waals surface area contributed by atoms with Crippen molar-refractivity contribution in [3.8, 4) is 0 Å². The molecule has 0 radical (unpaired) electrons. The highest BCUT2D eigenvalue weighted by atomic mass is 16.2.